The van der Waals surface area contributed by atoms with Crippen molar-refractivity contribution in [2.45, 2.75) is 13.5 Å². The van der Waals surface area contributed by atoms with E-state index >= 15 is 0 Å². The van der Waals surface area contributed by atoms with Crippen molar-refractivity contribution in [2.24, 2.45) is 0 Å². The van der Waals surface area contributed by atoms with Crippen LogP contribution in [-0.2, 0) is 11.3 Å². The number of nitrogens with one attached hydrogen (secondary N) is 1. The van der Waals surface area contributed by atoms with E-state index < -0.39 is 0 Å². The molecule has 112 valence electrons. The first-order chi connectivity index (χ1) is 10.1. The highest BCUT2D eigenvalue weighted by atomic mass is 16.5. The van der Waals surface area contributed by atoms with Gasteiger partial charge in [0.1, 0.15) is 18.2 Å². The van der Waals surface area contributed by atoms with Crippen LogP contribution in [0.15, 0.2) is 30.3 Å². The zero-order chi connectivity index (χ0) is 15.2. The molecule has 0 spiro atoms. The minimum absolute atomic E-state index is 0.353. The van der Waals surface area contributed by atoms with Crippen LogP contribution in [0.4, 0.5) is 23.0 Å². The second-order valence-electron chi connectivity index (χ2n) is 4.77. The number of nitrogen functional groups attached to an aromatic ring is 1. The zero-order valence-corrected chi connectivity index (χ0v) is 12.6. The van der Waals surface area contributed by atoms with E-state index in [2.05, 4.69) is 15.3 Å². The summed E-state index contributed by atoms with van der Waals surface area (Å²) in [5.74, 6) is 1.65. The van der Waals surface area contributed by atoms with Crippen LogP contribution in [0.5, 0.6) is 0 Å². The van der Waals surface area contributed by atoms with Crippen molar-refractivity contribution < 1.29 is 4.74 Å². The molecule has 0 aliphatic rings. The Hall–Kier alpha value is -2.34. The number of benzene rings is 1. The van der Waals surface area contributed by atoms with Gasteiger partial charge in [-0.3, -0.25) is 0 Å². The SMILES string of the molecule is CCOCc1nc(N)cc(Nc2ccccc2N(C)C)n1. The monoisotopic (exact) mass is 287 g/mol. The smallest absolute Gasteiger partial charge is 0.158 e. The third-order valence-corrected chi connectivity index (χ3v) is 2.88. The van der Waals surface area contributed by atoms with Gasteiger partial charge in [-0.15, -0.1) is 0 Å². The topological polar surface area (TPSA) is 76.3 Å². The lowest BCUT2D eigenvalue weighted by molar-refractivity contribution is 0.128. The predicted molar refractivity (Wildman–Crippen MR) is 85.8 cm³/mol. The van der Waals surface area contributed by atoms with Gasteiger partial charge in [0.25, 0.3) is 0 Å². The highest BCUT2D eigenvalue weighted by molar-refractivity contribution is 5.74. The molecule has 0 saturated heterocycles. The van der Waals surface area contributed by atoms with E-state index in [1.54, 1.807) is 6.07 Å². The molecule has 0 atom stereocenters. The number of nitrogens with zero attached hydrogens (tertiary/aromatic N) is 3. The Morgan fingerprint density at radius 3 is 2.71 bits per heavy atom. The van der Waals surface area contributed by atoms with Gasteiger partial charge in [0.2, 0.25) is 0 Å². The summed E-state index contributed by atoms with van der Waals surface area (Å²) in [7, 11) is 3.99. The Balaban J connectivity index is 2.25. The number of hydrogen-bond acceptors (Lipinski definition) is 6. The number of para-hydroxylation sites is 2. The Morgan fingerprint density at radius 2 is 2.00 bits per heavy atom. The second kappa shape index (κ2) is 6.90. The normalized spacial score (nSPS) is 10.4. The highest BCUT2D eigenvalue weighted by Gasteiger charge is 2.07. The largest absolute Gasteiger partial charge is 0.384 e. The first-order valence-corrected chi connectivity index (χ1v) is 6.84. The molecule has 0 aliphatic carbocycles. The van der Waals surface area contributed by atoms with Gasteiger partial charge in [0.05, 0.1) is 11.4 Å². The van der Waals surface area contributed by atoms with Crippen molar-refractivity contribution in [1.82, 2.24) is 9.97 Å². The molecule has 1 aromatic carbocycles. The van der Waals surface area contributed by atoms with Gasteiger partial charge in [-0.1, -0.05) is 12.1 Å². The van der Waals surface area contributed by atoms with Crippen LogP contribution < -0.4 is 16.0 Å². The van der Waals surface area contributed by atoms with E-state index in [4.69, 9.17) is 10.5 Å². The molecule has 1 heterocycles. The fraction of sp³-hybridized carbons (Fsp3) is 0.333. The minimum atomic E-state index is 0.353. The van der Waals surface area contributed by atoms with Crippen molar-refractivity contribution in [3.63, 3.8) is 0 Å². The van der Waals surface area contributed by atoms with Gasteiger partial charge >= 0.3 is 0 Å². The summed E-state index contributed by atoms with van der Waals surface area (Å²) in [5, 5.41) is 3.28. The Labute approximate surface area is 125 Å². The molecule has 0 unspecified atom stereocenters. The average molecular weight is 287 g/mol. The average Bonchev–Trinajstić information content (AvgIpc) is 2.45. The molecule has 2 rings (SSSR count). The molecule has 0 fully saturated rings. The third-order valence-electron chi connectivity index (χ3n) is 2.88. The molecule has 6 nitrogen and oxygen atoms in total. The third kappa shape index (κ3) is 4.06. The van der Waals surface area contributed by atoms with Crippen molar-refractivity contribution in [1.29, 1.82) is 0 Å². The summed E-state index contributed by atoms with van der Waals surface area (Å²) in [4.78, 5) is 10.6. The van der Waals surface area contributed by atoms with Gasteiger partial charge in [-0.2, -0.15) is 0 Å². The second-order valence-corrected chi connectivity index (χ2v) is 4.77. The molecular formula is C15H21N5O. The number of rotatable bonds is 6. The molecule has 3 N–H and O–H groups in total. The molecule has 0 aliphatic heterocycles. The van der Waals surface area contributed by atoms with Crippen molar-refractivity contribution >= 4 is 23.0 Å². The van der Waals surface area contributed by atoms with Gasteiger partial charge in [0, 0.05) is 26.8 Å². The zero-order valence-electron chi connectivity index (χ0n) is 12.6. The lowest BCUT2D eigenvalue weighted by Crippen LogP contribution is -2.11. The number of aromatic nitrogens is 2. The van der Waals surface area contributed by atoms with E-state index in [9.17, 15) is 0 Å². The van der Waals surface area contributed by atoms with Crippen LogP contribution in [-0.4, -0.2) is 30.7 Å². The van der Waals surface area contributed by atoms with Crippen LogP contribution in [0, 0.1) is 0 Å². The van der Waals surface area contributed by atoms with Crippen LogP contribution in [0.25, 0.3) is 0 Å². The summed E-state index contributed by atoms with van der Waals surface area (Å²) >= 11 is 0. The quantitative estimate of drug-likeness (QED) is 0.849. The van der Waals surface area contributed by atoms with Crippen LogP contribution in [0.1, 0.15) is 12.7 Å². The van der Waals surface area contributed by atoms with E-state index in [0.717, 1.165) is 11.4 Å². The Kier molecular flexibility index (Phi) is 4.94. The summed E-state index contributed by atoms with van der Waals surface area (Å²) in [5.41, 5.74) is 7.86. The molecule has 0 bridgehead atoms. The van der Waals surface area contributed by atoms with E-state index in [0.29, 0.717) is 30.7 Å². The molecule has 2 aromatic rings. The molecule has 6 heteroatoms. The molecule has 0 saturated carbocycles. The molecular weight excluding hydrogens is 266 g/mol. The maximum atomic E-state index is 5.83. The van der Waals surface area contributed by atoms with Gasteiger partial charge in [-0.05, 0) is 19.1 Å². The minimum Gasteiger partial charge on any atom is -0.384 e. The Bertz CT molecular complexity index is 600. The first kappa shape index (κ1) is 15.1. The summed E-state index contributed by atoms with van der Waals surface area (Å²) in [6, 6.07) is 9.71. The molecule has 1 aromatic heterocycles. The fourth-order valence-electron chi connectivity index (χ4n) is 1.95. The van der Waals surface area contributed by atoms with Crippen molar-refractivity contribution in [2.75, 3.05) is 36.7 Å². The number of ether oxygens (including phenoxy) is 1. The number of nitrogens with two attached hydrogens (primary N) is 1. The summed E-state index contributed by atoms with van der Waals surface area (Å²) in [6.45, 7) is 2.90. The maximum Gasteiger partial charge on any atom is 0.158 e. The highest BCUT2D eigenvalue weighted by Crippen LogP contribution is 2.26. The van der Waals surface area contributed by atoms with Crippen LogP contribution >= 0.6 is 0 Å². The van der Waals surface area contributed by atoms with E-state index in [1.165, 1.54) is 0 Å². The lowest BCUT2D eigenvalue weighted by atomic mass is 10.2. The molecule has 0 amide bonds. The summed E-state index contributed by atoms with van der Waals surface area (Å²) < 4.78 is 5.33. The predicted octanol–water partition coefficient (Wildman–Crippen LogP) is 2.40. The Morgan fingerprint density at radius 1 is 1.24 bits per heavy atom. The van der Waals surface area contributed by atoms with E-state index in [1.807, 2.05) is 50.2 Å². The van der Waals surface area contributed by atoms with Gasteiger partial charge in [0.15, 0.2) is 5.82 Å². The molecule has 0 radical (unpaired) electrons. The summed E-state index contributed by atoms with van der Waals surface area (Å²) in [6.07, 6.45) is 0. The first-order valence-electron chi connectivity index (χ1n) is 6.84. The van der Waals surface area contributed by atoms with Crippen LogP contribution in [0.2, 0.25) is 0 Å². The van der Waals surface area contributed by atoms with Gasteiger partial charge in [-0.25, -0.2) is 9.97 Å². The number of anilines is 4. The maximum absolute atomic E-state index is 5.83. The number of hydrogen-bond donors (Lipinski definition) is 2. The molecule has 21 heavy (non-hydrogen) atoms. The standard InChI is InChI=1S/C15H21N5O/c1-4-21-10-15-18-13(16)9-14(19-15)17-11-7-5-6-8-12(11)20(2)3/h5-9H,4,10H2,1-3H3,(H3,16,17,18,19). The van der Waals surface area contributed by atoms with Crippen molar-refractivity contribution in [3.8, 4) is 0 Å². The van der Waals surface area contributed by atoms with E-state index in [-0.39, 0.29) is 0 Å². The lowest BCUT2D eigenvalue weighted by Gasteiger charge is -2.18. The van der Waals surface area contributed by atoms with Crippen LogP contribution in [0.3, 0.4) is 0 Å². The fourth-order valence-corrected chi connectivity index (χ4v) is 1.95. The van der Waals surface area contributed by atoms with Crippen molar-refractivity contribution in [3.05, 3.63) is 36.2 Å². The van der Waals surface area contributed by atoms with Gasteiger partial charge < -0.3 is 20.7 Å².